The van der Waals surface area contributed by atoms with E-state index in [2.05, 4.69) is 9.88 Å². The van der Waals surface area contributed by atoms with Gasteiger partial charge in [0, 0.05) is 64.9 Å². The zero-order chi connectivity index (χ0) is 25.0. The number of hydrogen-bond donors (Lipinski definition) is 0. The van der Waals surface area contributed by atoms with Crippen molar-refractivity contribution in [2.24, 2.45) is 0 Å². The molecule has 3 aromatic rings. The highest BCUT2D eigenvalue weighted by Gasteiger charge is 2.25. The van der Waals surface area contributed by atoms with Crippen LogP contribution in [-0.4, -0.2) is 64.0 Å². The van der Waals surface area contributed by atoms with Crippen LogP contribution in [0, 0.1) is 0 Å². The molecule has 1 aliphatic rings. The van der Waals surface area contributed by atoms with Crippen LogP contribution >= 0.6 is 0 Å². The molecular weight excluding hydrogens is 464 g/mol. The number of aromatic nitrogens is 1. The molecule has 184 valence electrons. The Hall–Kier alpha value is -3.43. The number of amides is 1. The van der Waals surface area contributed by atoms with E-state index < -0.39 is 10.0 Å². The highest BCUT2D eigenvalue weighted by Crippen LogP contribution is 2.32. The molecule has 8 nitrogen and oxygen atoms in total. The third kappa shape index (κ3) is 5.47. The second-order valence-electron chi connectivity index (χ2n) is 8.64. The van der Waals surface area contributed by atoms with E-state index in [9.17, 15) is 13.2 Å². The van der Waals surface area contributed by atoms with E-state index in [1.54, 1.807) is 30.3 Å². The number of carbonyl (C=O) groups excluding carboxylic acids is 1. The molecular formula is C26H30N4O4S. The number of piperidine rings is 1. The molecule has 1 saturated heterocycles. The fourth-order valence-corrected chi connectivity index (χ4v) is 5.00. The van der Waals surface area contributed by atoms with Crippen LogP contribution in [0.2, 0.25) is 0 Å². The molecule has 0 bridgehead atoms. The third-order valence-corrected chi connectivity index (χ3v) is 7.96. The van der Waals surface area contributed by atoms with Crippen molar-refractivity contribution >= 4 is 27.3 Å². The van der Waals surface area contributed by atoms with Crippen LogP contribution in [0.15, 0.2) is 77.8 Å². The summed E-state index contributed by atoms with van der Waals surface area (Å²) in [4.78, 5) is 21.5. The van der Waals surface area contributed by atoms with Gasteiger partial charge in [-0.15, -0.1) is 0 Å². The molecule has 1 amide bonds. The van der Waals surface area contributed by atoms with Crippen LogP contribution in [-0.2, 0) is 10.0 Å². The number of pyridine rings is 1. The number of ether oxygens (including phenoxy) is 1. The van der Waals surface area contributed by atoms with Gasteiger partial charge in [0.1, 0.15) is 6.10 Å². The molecule has 1 fully saturated rings. The largest absolute Gasteiger partial charge is 0.474 e. The lowest BCUT2D eigenvalue weighted by molar-refractivity contribution is 0.0993. The number of carbonyl (C=O) groups is 1. The van der Waals surface area contributed by atoms with Crippen LogP contribution < -0.4 is 14.5 Å². The number of benzene rings is 2. The molecule has 0 unspecified atom stereocenters. The molecule has 2 heterocycles. The number of anilines is 2. The Labute approximate surface area is 206 Å². The maximum absolute atomic E-state index is 13.3. The van der Waals surface area contributed by atoms with Gasteiger partial charge in [0.15, 0.2) is 0 Å². The first kappa shape index (κ1) is 24.7. The minimum Gasteiger partial charge on any atom is -0.474 e. The summed E-state index contributed by atoms with van der Waals surface area (Å²) < 4.78 is 31.8. The van der Waals surface area contributed by atoms with Crippen molar-refractivity contribution in [3.8, 4) is 5.88 Å². The molecule has 0 spiro atoms. The first-order valence-corrected chi connectivity index (χ1v) is 12.9. The number of nitrogens with zero attached hydrogens (tertiary/aromatic N) is 4. The zero-order valence-corrected chi connectivity index (χ0v) is 21.0. The van der Waals surface area contributed by atoms with Gasteiger partial charge in [-0.25, -0.2) is 17.7 Å². The highest BCUT2D eigenvalue weighted by atomic mass is 32.2. The Balaban J connectivity index is 1.46. The second-order valence-corrected chi connectivity index (χ2v) is 10.8. The molecule has 1 aliphatic heterocycles. The molecule has 1 aromatic heterocycles. The molecule has 0 radical (unpaired) electrons. The maximum Gasteiger partial charge on any atom is 0.258 e. The average Bonchev–Trinajstić information content (AvgIpc) is 2.89. The lowest BCUT2D eigenvalue weighted by atomic mass is 10.1. The average molecular weight is 495 g/mol. The van der Waals surface area contributed by atoms with Crippen molar-refractivity contribution in [2.75, 3.05) is 44.0 Å². The number of sulfonamides is 1. The summed E-state index contributed by atoms with van der Waals surface area (Å²) in [5, 5.41) is 0. The SMILES string of the molecule is CN(C(=O)c1ccc(S(=O)(=O)N(C)C)cc1)c1ccccc1N1CCC(Oc2ccccn2)CC1. The van der Waals surface area contributed by atoms with Crippen LogP contribution in [0.3, 0.4) is 0 Å². The number of hydrogen-bond acceptors (Lipinski definition) is 6. The summed E-state index contributed by atoms with van der Waals surface area (Å²) in [7, 11) is 1.15. The minimum atomic E-state index is -3.55. The highest BCUT2D eigenvalue weighted by molar-refractivity contribution is 7.89. The van der Waals surface area contributed by atoms with Gasteiger partial charge in [-0.2, -0.15) is 0 Å². The van der Waals surface area contributed by atoms with Gasteiger partial charge in [-0.1, -0.05) is 18.2 Å². The Morgan fingerprint density at radius 1 is 0.943 bits per heavy atom. The smallest absolute Gasteiger partial charge is 0.258 e. The zero-order valence-electron chi connectivity index (χ0n) is 20.2. The van der Waals surface area contributed by atoms with Crippen LogP contribution in [0.4, 0.5) is 11.4 Å². The summed E-state index contributed by atoms with van der Waals surface area (Å²) >= 11 is 0. The number of rotatable bonds is 7. The van der Waals surface area contributed by atoms with E-state index in [1.165, 1.54) is 26.2 Å². The fourth-order valence-electron chi connectivity index (χ4n) is 4.10. The van der Waals surface area contributed by atoms with Crippen molar-refractivity contribution in [1.82, 2.24) is 9.29 Å². The minimum absolute atomic E-state index is 0.102. The maximum atomic E-state index is 13.3. The molecule has 0 saturated carbocycles. The predicted octanol–water partition coefficient (Wildman–Crippen LogP) is 3.66. The van der Waals surface area contributed by atoms with Gasteiger partial charge in [0.05, 0.1) is 16.3 Å². The monoisotopic (exact) mass is 494 g/mol. The van der Waals surface area contributed by atoms with Crippen molar-refractivity contribution in [3.05, 3.63) is 78.5 Å². The molecule has 35 heavy (non-hydrogen) atoms. The Kier molecular flexibility index (Phi) is 7.37. The van der Waals surface area contributed by atoms with E-state index in [-0.39, 0.29) is 16.9 Å². The van der Waals surface area contributed by atoms with E-state index in [1.807, 2.05) is 42.5 Å². The van der Waals surface area contributed by atoms with Gasteiger partial charge < -0.3 is 14.5 Å². The summed E-state index contributed by atoms with van der Waals surface area (Å²) in [6.45, 7) is 1.60. The summed E-state index contributed by atoms with van der Waals surface area (Å²) in [6, 6.07) is 19.5. The summed E-state index contributed by atoms with van der Waals surface area (Å²) in [5.41, 5.74) is 2.19. The van der Waals surface area contributed by atoms with Crippen LogP contribution in [0.1, 0.15) is 23.2 Å². The number of para-hydroxylation sites is 2. The fraction of sp³-hybridized carbons (Fsp3) is 0.308. The van der Waals surface area contributed by atoms with Gasteiger partial charge >= 0.3 is 0 Å². The van der Waals surface area contributed by atoms with Gasteiger partial charge in [0.2, 0.25) is 15.9 Å². The standard InChI is InChI=1S/C26H30N4O4S/c1-28(2)35(32,33)22-13-11-20(12-14-22)26(31)29(3)23-8-4-5-9-24(23)30-18-15-21(16-19-30)34-25-10-6-7-17-27-25/h4-14,17,21H,15-16,18-19H2,1-3H3. The Morgan fingerprint density at radius 3 is 2.23 bits per heavy atom. The topological polar surface area (TPSA) is 83.1 Å². The second kappa shape index (κ2) is 10.5. The van der Waals surface area contributed by atoms with Crippen LogP contribution in [0.25, 0.3) is 0 Å². The lowest BCUT2D eigenvalue weighted by Crippen LogP contribution is -2.39. The predicted molar refractivity (Wildman–Crippen MR) is 137 cm³/mol. The molecule has 2 aromatic carbocycles. The quantitative estimate of drug-likeness (QED) is 0.499. The van der Waals surface area contributed by atoms with Crippen molar-refractivity contribution in [2.45, 2.75) is 23.8 Å². The first-order valence-electron chi connectivity index (χ1n) is 11.5. The molecule has 0 atom stereocenters. The van der Waals surface area contributed by atoms with E-state index in [4.69, 9.17) is 4.74 Å². The lowest BCUT2D eigenvalue weighted by Gasteiger charge is -2.35. The van der Waals surface area contributed by atoms with Crippen molar-refractivity contribution in [1.29, 1.82) is 0 Å². The molecule has 4 rings (SSSR count). The summed E-state index contributed by atoms with van der Waals surface area (Å²) in [5.74, 6) is 0.431. The van der Waals surface area contributed by atoms with Gasteiger partial charge in [-0.05, 0) is 42.5 Å². The van der Waals surface area contributed by atoms with Crippen LogP contribution in [0.5, 0.6) is 5.88 Å². The Morgan fingerprint density at radius 2 is 1.60 bits per heavy atom. The Bertz CT molecular complexity index is 1260. The van der Waals surface area contributed by atoms with Crippen molar-refractivity contribution in [3.63, 3.8) is 0 Å². The van der Waals surface area contributed by atoms with Crippen molar-refractivity contribution < 1.29 is 17.9 Å². The molecule has 0 aliphatic carbocycles. The third-order valence-electron chi connectivity index (χ3n) is 6.14. The molecule has 0 N–H and O–H groups in total. The van der Waals surface area contributed by atoms with Gasteiger partial charge in [-0.3, -0.25) is 4.79 Å². The first-order chi connectivity index (χ1) is 16.8. The van der Waals surface area contributed by atoms with E-state index in [0.717, 1.165) is 41.6 Å². The van der Waals surface area contributed by atoms with E-state index in [0.29, 0.717) is 11.4 Å². The van der Waals surface area contributed by atoms with E-state index >= 15 is 0 Å². The van der Waals surface area contributed by atoms with Gasteiger partial charge in [0.25, 0.3) is 5.91 Å². The normalized spacial score (nSPS) is 14.7. The molecule has 9 heteroatoms. The summed E-state index contributed by atoms with van der Waals surface area (Å²) in [6.07, 6.45) is 3.53.